The van der Waals surface area contributed by atoms with Gasteiger partial charge in [-0.05, 0) is 43.3 Å². The summed E-state index contributed by atoms with van der Waals surface area (Å²) in [6.07, 6.45) is 0. The number of rotatable bonds is 5. The van der Waals surface area contributed by atoms with Crippen molar-refractivity contribution in [3.63, 3.8) is 0 Å². The van der Waals surface area contributed by atoms with Gasteiger partial charge in [-0.2, -0.15) is 0 Å². The molecule has 0 aliphatic heterocycles. The standard InChI is InChI=1S/C17H16F2N2O4/c1-3-25-14-7-4-10(8-15(14)24-2)16(22)20-21-17(23)12-9-11(18)5-6-13(12)19/h4-9H,3H2,1-2H3,(H,20,22)(H,21,23). The Hall–Kier alpha value is -3.16. The zero-order valence-corrected chi connectivity index (χ0v) is 13.6. The van der Waals surface area contributed by atoms with Crippen LogP contribution in [-0.2, 0) is 0 Å². The number of halogens is 2. The Morgan fingerprint density at radius 1 is 1.00 bits per heavy atom. The van der Waals surface area contributed by atoms with E-state index in [4.69, 9.17) is 9.47 Å². The maximum Gasteiger partial charge on any atom is 0.272 e. The number of amides is 2. The first kappa shape index (κ1) is 18.2. The molecule has 2 amide bonds. The molecule has 0 unspecified atom stereocenters. The van der Waals surface area contributed by atoms with E-state index in [9.17, 15) is 18.4 Å². The van der Waals surface area contributed by atoms with E-state index in [0.717, 1.165) is 18.2 Å². The molecule has 0 aromatic heterocycles. The lowest BCUT2D eigenvalue weighted by atomic mass is 10.2. The Morgan fingerprint density at radius 3 is 2.40 bits per heavy atom. The van der Waals surface area contributed by atoms with E-state index in [1.807, 2.05) is 5.43 Å². The Labute approximate surface area is 142 Å². The van der Waals surface area contributed by atoms with Crippen molar-refractivity contribution in [3.05, 3.63) is 59.2 Å². The van der Waals surface area contributed by atoms with Crippen LogP contribution >= 0.6 is 0 Å². The smallest absolute Gasteiger partial charge is 0.272 e. The third-order valence-corrected chi connectivity index (χ3v) is 3.19. The Bertz CT molecular complexity index is 796. The summed E-state index contributed by atoms with van der Waals surface area (Å²) >= 11 is 0. The van der Waals surface area contributed by atoms with Crippen molar-refractivity contribution < 1.29 is 27.8 Å². The first-order valence-corrected chi connectivity index (χ1v) is 7.32. The minimum Gasteiger partial charge on any atom is -0.493 e. The lowest BCUT2D eigenvalue weighted by Crippen LogP contribution is -2.42. The van der Waals surface area contributed by atoms with Gasteiger partial charge in [-0.1, -0.05) is 0 Å². The van der Waals surface area contributed by atoms with Crippen molar-refractivity contribution in [2.24, 2.45) is 0 Å². The minimum absolute atomic E-state index is 0.181. The molecular weight excluding hydrogens is 334 g/mol. The molecular formula is C17H16F2N2O4. The van der Waals surface area contributed by atoms with Gasteiger partial charge < -0.3 is 9.47 Å². The minimum atomic E-state index is -0.983. The molecule has 0 radical (unpaired) electrons. The molecule has 0 bridgehead atoms. The quantitative estimate of drug-likeness (QED) is 0.812. The number of carbonyl (C=O) groups excluding carboxylic acids is 2. The second-order valence-corrected chi connectivity index (χ2v) is 4.83. The molecule has 0 fully saturated rings. The molecule has 0 aliphatic rings. The summed E-state index contributed by atoms with van der Waals surface area (Å²) in [5, 5.41) is 0. The van der Waals surface area contributed by atoms with Gasteiger partial charge in [-0.15, -0.1) is 0 Å². The van der Waals surface area contributed by atoms with Crippen LogP contribution in [0.15, 0.2) is 36.4 Å². The van der Waals surface area contributed by atoms with E-state index >= 15 is 0 Å². The van der Waals surface area contributed by atoms with E-state index in [0.29, 0.717) is 18.1 Å². The van der Waals surface area contributed by atoms with Gasteiger partial charge in [0.25, 0.3) is 11.8 Å². The third kappa shape index (κ3) is 4.43. The molecule has 2 aromatic rings. The third-order valence-electron chi connectivity index (χ3n) is 3.19. The monoisotopic (exact) mass is 350 g/mol. The van der Waals surface area contributed by atoms with Gasteiger partial charge in [0, 0.05) is 5.56 Å². The van der Waals surface area contributed by atoms with Crippen LogP contribution in [0.25, 0.3) is 0 Å². The fourth-order valence-electron chi connectivity index (χ4n) is 2.01. The Balaban J connectivity index is 2.07. The number of hydrazine groups is 1. The zero-order chi connectivity index (χ0) is 18.4. The molecule has 8 heteroatoms. The number of hydrogen-bond acceptors (Lipinski definition) is 4. The summed E-state index contributed by atoms with van der Waals surface area (Å²) in [6.45, 7) is 2.23. The summed E-state index contributed by atoms with van der Waals surface area (Å²) in [4.78, 5) is 23.9. The van der Waals surface area contributed by atoms with Gasteiger partial charge in [0.2, 0.25) is 0 Å². The molecule has 132 valence electrons. The second-order valence-electron chi connectivity index (χ2n) is 4.83. The summed E-state index contributed by atoms with van der Waals surface area (Å²) in [5.41, 5.74) is 3.81. The van der Waals surface area contributed by atoms with Crippen molar-refractivity contribution in [1.29, 1.82) is 0 Å². The van der Waals surface area contributed by atoms with E-state index < -0.39 is 29.0 Å². The van der Waals surface area contributed by atoms with Crippen molar-refractivity contribution in [3.8, 4) is 11.5 Å². The summed E-state index contributed by atoms with van der Waals surface area (Å²) < 4.78 is 37.1. The van der Waals surface area contributed by atoms with Crippen molar-refractivity contribution in [2.75, 3.05) is 13.7 Å². The highest BCUT2D eigenvalue weighted by Crippen LogP contribution is 2.27. The van der Waals surface area contributed by atoms with Gasteiger partial charge in [0.1, 0.15) is 11.6 Å². The molecule has 0 saturated heterocycles. The molecule has 0 saturated carbocycles. The number of hydrogen-bond donors (Lipinski definition) is 2. The predicted octanol–water partition coefficient (Wildman–Crippen LogP) is 2.45. The number of methoxy groups -OCH3 is 1. The highest BCUT2D eigenvalue weighted by Gasteiger charge is 2.15. The highest BCUT2D eigenvalue weighted by molar-refractivity contribution is 5.99. The average molecular weight is 350 g/mol. The number of nitrogens with one attached hydrogen (secondary N) is 2. The van der Waals surface area contributed by atoms with Gasteiger partial charge >= 0.3 is 0 Å². The number of carbonyl (C=O) groups is 2. The average Bonchev–Trinajstić information content (AvgIpc) is 2.62. The van der Waals surface area contributed by atoms with Gasteiger partial charge in [0.05, 0.1) is 19.3 Å². The number of ether oxygens (including phenoxy) is 2. The summed E-state index contributed by atoms with van der Waals surface area (Å²) in [7, 11) is 1.42. The van der Waals surface area contributed by atoms with E-state index in [-0.39, 0.29) is 5.56 Å². The van der Waals surface area contributed by atoms with Crippen LogP contribution < -0.4 is 20.3 Å². The van der Waals surface area contributed by atoms with E-state index in [1.165, 1.54) is 19.2 Å². The fourth-order valence-corrected chi connectivity index (χ4v) is 2.01. The van der Waals surface area contributed by atoms with Crippen molar-refractivity contribution in [2.45, 2.75) is 6.92 Å². The lowest BCUT2D eigenvalue weighted by molar-refractivity contribution is 0.0844. The first-order chi connectivity index (χ1) is 12.0. The Kier molecular flexibility index (Phi) is 5.89. The molecule has 2 aromatic carbocycles. The van der Waals surface area contributed by atoms with Crippen LogP contribution in [0.3, 0.4) is 0 Å². The largest absolute Gasteiger partial charge is 0.493 e. The molecule has 0 heterocycles. The van der Waals surface area contributed by atoms with Crippen LogP contribution in [0.1, 0.15) is 27.6 Å². The summed E-state index contributed by atoms with van der Waals surface area (Å²) in [5.74, 6) is -2.51. The molecule has 25 heavy (non-hydrogen) atoms. The van der Waals surface area contributed by atoms with Crippen LogP contribution in [0.5, 0.6) is 11.5 Å². The van der Waals surface area contributed by atoms with Crippen molar-refractivity contribution in [1.82, 2.24) is 10.9 Å². The predicted molar refractivity (Wildman–Crippen MR) is 85.5 cm³/mol. The Morgan fingerprint density at radius 2 is 1.72 bits per heavy atom. The van der Waals surface area contributed by atoms with E-state index in [1.54, 1.807) is 13.0 Å². The normalized spacial score (nSPS) is 10.1. The van der Waals surface area contributed by atoms with Crippen molar-refractivity contribution >= 4 is 11.8 Å². The number of benzene rings is 2. The molecule has 2 rings (SSSR count). The fraction of sp³-hybridized carbons (Fsp3) is 0.176. The van der Waals surface area contributed by atoms with Crippen LogP contribution in [-0.4, -0.2) is 25.5 Å². The molecule has 2 N–H and O–H groups in total. The second kappa shape index (κ2) is 8.09. The zero-order valence-electron chi connectivity index (χ0n) is 13.6. The van der Waals surface area contributed by atoms with E-state index in [2.05, 4.69) is 5.43 Å². The van der Waals surface area contributed by atoms with Gasteiger partial charge in [0.15, 0.2) is 11.5 Å². The maximum atomic E-state index is 13.5. The molecule has 0 atom stereocenters. The van der Waals surface area contributed by atoms with Gasteiger partial charge in [-0.25, -0.2) is 8.78 Å². The SMILES string of the molecule is CCOc1ccc(C(=O)NNC(=O)c2cc(F)ccc2F)cc1OC. The lowest BCUT2D eigenvalue weighted by Gasteiger charge is -2.12. The maximum absolute atomic E-state index is 13.5. The molecule has 0 aliphatic carbocycles. The highest BCUT2D eigenvalue weighted by atomic mass is 19.1. The topological polar surface area (TPSA) is 76.7 Å². The summed E-state index contributed by atoms with van der Waals surface area (Å²) in [6, 6.07) is 6.88. The van der Waals surface area contributed by atoms with Gasteiger partial charge in [-0.3, -0.25) is 20.4 Å². The molecule has 6 nitrogen and oxygen atoms in total. The van der Waals surface area contributed by atoms with Crippen LogP contribution in [0, 0.1) is 11.6 Å². The van der Waals surface area contributed by atoms with Crippen LogP contribution in [0.2, 0.25) is 0 Å². The first-order valence-electron chi connectivity index (χ1n) is 7.32. The van der Waals surface area contributed by atoms with Crippen LogP contribution in [0.4, 0.5) is 8.78 Å². The molecule has 0 spiro atoms.